The maximum atomic E-state index is 12.1. The quantitative estimate of drug-likeness (QED) is 0.768. The van der Waals surface area contributed by atoms with E-state index >= 15 is 0 Å². The molecule has 0 bridgehead atoms. The number of carbonyl (C=O) groups excluding carboxylic acids is 1. The Kier molecular flexibility index (Phi) is 3.56. The number of hydrogen-bond donors (Lipinski definition) is 0. The van der Waals surface area contributed by atoms with Crippen LogP contribution >= 0.6 is 0 Å². The fraction of sp³-hybridized carbons (Fsp3) is 0.250. The summed E-state index contributed by atoms with van der Waals surface area (Å²) in [7, 11) is 0. The van der Waals surface area contributed by atoms with Gasteiger partial charge in [-0.1, -0.05) is 18.2 Å². The fourth-order valence-electron chi connectivity index (χ4n) is 1.78. The zero-order chi connectivity index (χ0) is 13.1. The Morgan fingerprint density at radius 3 is 2.44 bits per heavy atom. The van der Waals surface area contributed by atoms with Gasteiger partial charge in [-0.05, 0) is 49.6 Å². The van der Waals surface area contributed by atoms with Crippen molar-refractivity contribution in [3.63, 3.8) is 0 Å². The zero-order valence-electron chi connectivity index (χ0n) is 11.0. The molecule has 1 heterocycles. The first-order valence-electron chi connectivity index (χ1n) is 6.08. The van der Waals surface area contributed by atoms with Crippen LogP contribution in [0.5, 0.6) is 0 Å². The van der Waals surface area contributed by atoms with Gasteiger partial charge in [0.1, 0.15) is 0 Å². The van der Waals surface area contributed by atoms with Crippen molar-refractivity contribution in [1.82, 2.24) is 4.98 Å². The summed E-state index contributed by atoms with van der Waals surface area (Å²) in [4.78, 5) is 16.4. The Labute approximate surface area is 108 Å². The van der Waals surface area contributed by atoms with E-state index in [1.54, 1.807) is 6.20 Å². The van der Waals surface area contributed by atoms with Crippen LogP contribution in [0.25, 0.3) is 0 Å². The van der Waals surface area contributed by atoms with Gasteiger partial charge in [-0.2, -0.15) is 0 Å². The van der Waals surface area contributed by atoms with Crippen molar-refractivity contribution >= 4 is 5.78 Å². The lowest BCUT2D eigenvalue weighted by molar-refractivity contribution is 0.0992. The molecule has 0 aliphatic heterocycles. The summed E-state index contributed by atoms with van der Waals surface area (Å²) in [5.74, 6) is 0.120. The summed E-state index contributed by atoms with van der Waals surface area (Å²) < 4.78 is 0. The summed E-state index contributed by atoms with van der Waals surface area (Å²) in [5, 5.41) is 0. The van der Waals surface area contributed by atoms with Crippen LogP contribution in [0.2, 0.25) is 0 Å². The first kappa shape index (κ1) is 12.5. The molecular weight excluding hydrogens is 222 g/mol. The third-order valence-corrected chi connectivity index (χ3v) is 3.14. The van der Waals surface area contributed by atoms with Crippen molar-refractivity contribution in [3.05, 3.63) is 64.5 Å². The van der Waals surface area contributed by atoms with E-state index in [0.717, 1.165) is 22.4 Å². The highest BCUT2D eigenvalue weighted by Gasteiger charge is 2.08. The van der Waals surface area contributed by atoms with E-state index in [1.807, 2.05) is 51.1 Å². The second-order valence-corrected chi connectivity index (χ2v) is 4.73. The van der Waals surface area contributed by atoms with Crippen LogP contribution in [0.15, 0.2) is 36.5 Å². The van der Waals surface area contributed by atoms with Crippen LogP contribution in [-0.2, 0) is 6.42 Å². The molecule has 0 saturated carbocycles. The first-order chi connectivity index (χ1) is 8.56. The molecule has 2 nitrogen and oxygen atoms in total. The topological polar surface area (TPSA) is 30.0 Å². The van der Waals surface area contributed by atoms with Crippen molar-refractivity contribution in [1.29, 1.82) is 0 Å². The van der Waals surface area contributed by atoms with E-state index in [9.17, 15) is 4.79 Å². The molecule has 1 aromatic carbocycles. The Morgan fingerprint density at radius 2 is 1.83 bits per heavy atom. The molecule has 0 atom stereocenters. The second kappa shape index (κ2) is 5.13. The summed E-state index contributed by atoms with van der Waals surface area (Å²) >= 11 is 0. The van der Waals surface area contributed by atoms with Gasteiger partial charge in [-0.25, -0.2) is 0 Å². The second-order valence-electron chi connectivity index (χ2n) is 4.73. The summed E-state index contributed by atoms with van der Waals surface area (Å²) in [6.07, 6.45) is 2.16. The Morgan fingerprint density at radius 1 is 1.06 bits per heavy atom. The zero-order valence-corrected chi connectivity index (χ0v) is 11.0. The minimum atomic E-state index is 0.120. The van der Waals surface area contributed by atoms with Gasteiger partial charge in [0, 0.05) is 17.5 Å². The number of rotatable bonds is 3. The van der Waals surface area contributed by atoms with Gasteiger partial charge in [0.05, 0.1) is 6.42 Å². The lowest BCUT2D eigenvalue weighted by atomic mass is 10.0. The van der Waals surface area contributed by atoms with Gasteiger partial charge < -0.3 is 0 Å². The van der Waals surface area contributed by atoms with E-state index < -0.39 is 0 Å². The van der Waals surface area contributed by atoms with Crippen LogP contribution in [0.1, 0.15) is 32.7 Å². The van der Waals surface area contributed by atoms with E-state index in [0.29, 0.717) is 6.42 Å². The summed E-state index contributed by atoms with van der Waals surface area (Å²) in [6, 6.07) is 9.72. The van der Waals surface area contributed by atoms with Gasteiger partial charge >= 0.3 is 0 Å². The number of nitrogens with zero attached hydrogens (tertiary/aromatic N) is 1. The van der Waals surface area contributed by atoms with Gasteiger partial charge in [0.25, 0.3) is 0 Å². The third-order valence-electron chi connectivity index (χ3n) is 3.14. The number of pyridine rings is 1. The van der Waals surface area contributed by atoms with Crippen molar-refractivity contribution in [2.45, 2.75) is 27.2 Å². The Bertz CT molecular complexity index is 570. The average Bonchev–Trinajstić information content (AvgIpc) is 2.35. The molecular formula is C16H17NO. The van der Waals surface area contributed by atoms with Gasteiger partial charge in [0.15, 0.2) is 5.78 Å². The van der Waals surface area contributed by atoms with Crippen LogP contribution in [0.3, 0.4) is 0 Å². The maximum absolute atomic E-state index is 12.1. The number of ketones is 1. The molecule has 2 heteroatoms. The van der Waals surface area contributed by atoms with Crippen LogP contribution in [-0.4, -0.2) is 10.8 Å². The first-order valence-corrected chi connectivity index (χ1v) is 6.08. The van der Waals surface area contributed by atoms with Gasteiger partial charge in [-0.3, -0.25) is 9.78 Å². The van der Waals surface area contributed by atoms with Gasteiger partial charge in [-0.15, -0.1) is 0 Å². The molecule has 0 fully saturated rings. The van der Waals surface area contributed by atoms with Crippen LogP contribution in [0, 0.1) is 20.8 Å². The van der Waals surface area contributed by atoms with E-state index in [1.165, 1.54) is 5.56 Å². The van der Waals surface area contributed by atoms with Gasteiger partial charge in [0.2, 0.25) is 0 Å². The minimum Gasteiger partial charge on any atom is -0.294 e. The smallest absolute Gasteiger partial charge is 0.168 e. The van der Waals surface area contributed by atoms with Crippen molar-refractivity contribution < 1.29 is 4.79 Å². The highest BCUT2D eigenvalue weighted by atomic mass is 16.1. The molecule has 0 aliphatic carbocycles. The number of carbonyl (C=O) groups is 1. The van der Waals surface area contributed by atoms with Crippen molar-refractivity contribution in [2.24, 2.45) is 0 Å². The number of hydrogen-bond acceptors (Lipinski definition) is 2. The molecule has 0 saturated heterocycles. The predicted molar refractivity (Wildman–Crippen MR) is 72.9 cm³/mol. The van der Waals surface area contributed by atoms with Crippen molar-refractivity contribution in [2.75, 3.05) is 0 Å². The molecule has 0 aliphatic rings. The largest absolute Gasteiger partial charge is 0.294 e. The Hall–Kier alpha value is -1.96. The predicted octanol–water partition coefficient (Wildman–Crippen LogP) is 3.43. The van der Waals surface area contributed by atoms with E-state index in [-0.39, 0.29) is 5.78 Å². The normalized spacial score (nSPS) is 10.4. The molecule has 1 aromatic heterocycles. The average molecular weight is 239 g/mol. The molecule has 0 N–H and O–H groups in total. The minimum absolute atomic E-state index is 0.120. The highest BCUT2D eigenvalue weighted by molar-refractivity contribution is 5.97. The lowest BCUT2D eigenvalue weighted by Crippen LogP contribution is -2.05. The summed E-state index contributed by atoms with van der Waals surface area (Å²) in [6.45, 7) is 6.06. The molecule has 2 rings (SSSR count). The molecule has 0 unspecified atom stereocenters. The number of Topliss-reactive ketones (excluding diaryl/α,β-unsaturated/α-hetero) is 1. The maximum Gasteiger partial charge on any atom is 0.168 e. The number of aromatic nitrogens is 1. The summed E-state index contributed by atoms with van der Waals surface area (Å²) in [5.41, 5.74) is 5.06. The molecule has 18 heavy (non-hydrogen) atoms. The highest BCUT2D eigenvalue weighted by Crippen LogP contribution is 2.12. The van der Waals surface area contributed by atoms with Crippen LogP contribution < -0.4 is 0 Å². The molecule has 0 spiro atoms. The third kappa shape index (κ3) is 2.83. The lowest BCUT2D eigenvalue weighted by Gasteiger charge is -2.04. The van der Waals surface area contributed by atoms with E-state index in [2.05, 4.69) is 4.98 Å². The van der Waals surface area contributed by atoms with Crippen LogP contribution in [0.4, 0.5) is 0 Å². The van der Waals surface area contributed by atoms with Crippen molar-refractivity contribution in [3.8, 4) is 0 Å². The molecule has 0 radical (unpaired) electrons. The molecule has 2 aromatic rings. The van der Waals surface area contributed by atoms with E-state index in [4.69, 9.17) is 0 Å². The fourth-order valence-corrected chi connectivity index (χ4v) is 1.78. The molecule has 0 amide bonds. The monoisotopic (exact) mass is 239 g/mol. The number of benzene rings is 1. The standard InChI is InChI=1S/C16H17NO/c1-11-4-7-15(17-10-11)9-16(18)14-6-5-12(2)13(3)8-14/h4-8,10H,9H2,1-3H3. The molecule has 92 valence electrons. The Balaban J connectivity index is 2.16. The number of aryl methyl sites for hydroxylation is 3. The SMILES string of the molecule is Cc1ccc(CC(=O)c2ccc(C)c(C)c2)nc1.